The van der Waals surface area contributed by atoms with Crippen molar-refractivity contribution in [1.29, 1.82) is 0 Å². The average Bonchev–Trinajstić information content (AvgIpc) is 2.18. The van der Waals surface area contributed by atoms with Crippen molar-refractivity contribution in [1.82, 2.24) is 5.32 Å². The van der Waals surface area contributed by atoms with Crippen LogP contribution in [0.4, 0.5) is 0 Å². The molecule has 0 radical (unpaired) electrons. The molecule has 3 nitrogen and oxygen atoms in total. The summed E-state index contributed by atoms with van der Waals surface area (Å²) in [6, 6.07) is 7.79. The van der Waals surface area contributed by atoms with Crippen molar-refractivity contribution in [2.75, 3.05) is 13.7 Å². The molecule has 0 unspecified atom stereocenters. The quantitative estimate of drug-likeness (QED) is 0.913. The first-order valence-electron chi connectivity index (χ1n) is 4.68. The van der Waals surface area contributed by atoms with Crippen LogP contribution in [-0.4, -0.2) is 19.6 Å². The van der Waals surface area contributed by atoms with Gasteiger partial charge < -0.3 is 10.1 Å². The van der Waals surface area contributed by atoms with Crippen LogP contribution < -0.4 is 5.32 Å². The van der Waals surface area contributed by atoms with Crippen LogP contribution >= 0.6 is 15.9 Å². The minimum absolute atomic E-state index is 0.0248. The summed E-state index contributed by atoms with van der Waals surface area (Å²) in [5, 5.41) is 2.84. The molecule has 0 saturated carbocycles. The third-order valence-electron chi connectivity index (χ3n) is 2.02. The monoisotopic (exact) mass is 271 g/mol. The second kappa shape index (κ2) is 5.88. The second-order valence-corrected chi connectivity index (χ2v) is 4.10. The van der Waals surface area contributed by atoms with Crippen LogP contribution in [0, 0.1) is 0 Å². The number of hydrogen-bond donors (Lipinski definition) is 1. The maximum Gasteiger partial charge on any atom is 0.246 e. The highest BCUT2D eigenvalue weighted by Crippen LogP contribution is 2.22. The van der Waals surface area contributed by atoms with E-state index in [-0.39, 0.29) is 18.6 Å². The van der Waals surface area contributed by atoms with Crippen LogP contribution in [0.5, 0.6) is 0 Å². The Morgan fingerprint density at radius 1 is 1.53 bits per heavy atom. The average molecular weight is 272 g/mol. The number of benzene rings is 1. The summed E-state index contributed by atoms with van der Waals surface area (Å²) in [5.74, 6) is -0.110. The number of amides is 1. The summed E-state index contributed by atoms with van der Waals surface area (Å²) in [4.78, 5) is 11.3. The van der Waals surface area contributed by atoms with E-state index < -0.39 is 0 Å². The molecule has 1 rings (SSSR count). The number of ether oxygens (including phenoxy) is 1. The SMILES string of the molecule is COCC(=O)N[C@@H](C)c1ccccc1Br. The maximum atomic E-state index is 11.3. The Labute approximate surface area is 97.9 Å². The molecular formula is C11H14BrNO2. The van der Waals surface area contributed by atoms with E-state index in [2.05, 4.69) is 21.2 Å². The van der Waals surface area contributed by atoms with Gasteiger partial charge in [-0.15, -0.1) is 0 Å². The third kappa shape index (κ3) is 3.64. The van der Waals surface area contributed by atoms with Crippen LogP contribution in [-0.2, 0) is 9.53 Å². The van der Waals surface area contributed by atoms with Crippen LogP contribution in [0.2, 0.25) is 0 Å². The molecular weight excluding hydrogens is 258 g/mol. The molecule has 0 aliphatic heterocycles. The Balaban J connectivity index is 2.65. The minimum atomic E-state index is -0.110. The van der Waals surface area contributed by atoms with Gasteiger partial charge in [-0.05, 0) is 18.6 Å². The molecule has 1 amide bonds. The molecule has 1 aromatic carbocycles. The highest BCUT2D eigenvalue weighted by Gasteiger charge is 2.11. The smallest absolute Gasteiger partial charge is 0.246 e. The Hall–Kier alpha value is -0.870. The summed E-state index contributed by atoms with van der Waals surface area (Å²) in [6.45, 7) is 2.03. The fraction of sp³-hybridized carbons (Fsp3) is 0.364. The van der Waals surface area contributed by atoms with Gasteiger partial charge in [-0.3, -0.25) is 4.79 Å². The van der Waals surface area contributed by atoms with E-state index in [9.17, 15) is 4.79 Å². The molecule has 1 N–H and O–H groups in total. The van der Waals surface area contributed by atoms with E-state index >= 15 is 0 Å². The molecule has 1 aromatic rings. The number of nitrogens with one attached hydrogen (secondary N) is 1. The van der Waals surface area contributed by atoms with Gasteiger partial charge in [0.1, 0.15) is 6.61 Å². The van der Waals surface area contributed by atoms with Gasteiger partial charge >= 0.3 is 0 Å². The third-order valence-corrected chi connectivity index (χ3v) is 2.75. The number of hydrogen-bond acceptors (Lipinski definition) is 2. The predicted octanol–water partition coefficient (Wildman–Crippen LogP) is 2.27. The summed E-state index contributed by atoms with van der Waals surface area (Å²) in [6.07, 6.45) is 0. The van der Waals surface area contributed by atoms with Gasteiger partial charge in [0.2, 0.25) is 5.91 Å². The summed E-state index contributed by atoms with van der Waals surface area (Å²) < 4.78 is 5.74. The largest absolute Gasteiger partial charge is 0.375 e. The van der Waals surface area contributed by atoms with Crippen molar-refractivity contribution in [2.24, 2.45) is 0 Å². The molecule has 82 valence electrons. The lowest BCUT2D eigenvalue weighted by Crippen LogP contribution is -2.29. The van der Waals surface area contributed by atoms with Crippen LogP contribution in [0.1, 0.15) is 18.5 Å². The zero-order valence-corrected chi connectivity index (χ0v) is 10.4. The standard InChI is InChI=1S/C11H14BrNO2/c1-8(13-11(14)7-15-2)9-5-3-4-6-10(9)12/h3-6,8H,7H2,1-2H3,(H,13,14)/t8-/m0/s1. The summed E-state index contributed by atoms with van der Waals surface area (Å²) in [5.41, 5.74) is 1.06. The fourth-order valence-corrected chi connectivity index (χ4v) is 1.95. The Morgan fingerprint density at radius 2 is 2.20 bits per heavy atom. The van der Waals surface area contributed by atoms with Crippen molar-refractivity contribution in [3.8, 4) is 0 Å². The Kier molecular flexibility index (Phi) is 4.78. The predicted molar refractivity (Wildman–Crippen MR) is 62.6 cm³/mol. The van der Waals surface area contributed by atoms with Crippen LogP contribution in [0.15, 0.2) is 28.7 Å². The van der Waals surface area contributed by atoms with E-state index in [0.29, 0.717) is 0 Å². The molecule has 4 heteroatoms. The molecule has 15 heavy (non-hydrogen) atoms. The molecule has 0 saturated heterocycles. The van der Waals surface area contributed by atoms with Crippen LogP contribution in [0.25, 0.3) is 0 Å². The first kappa shape index (κ1) is 12.2. The fourth-order valence-electron chi connectivity index (χ4n) is 1.32. The van der Waals surface area contributed by atoms with E-state index in [1.807, 2.05) is 31.2 Å². The number of halogens is 1. The summed E-state index contributed by atoms with van der Waals surface area (Å²) >= 11 is 3.44. The highest BCUT2D eigenvalue weighted by molar-refractivity contribution is 9.10. The van der Waals surface area contributed by atoms with E-state index in [4.69, 9.17) is 4.74 Å². The molecule has 0 bridgehead atoms. The normalized spacial score (nSPS) is 12.2. The summed E-state index contributed by atoms with van der Waals surface area (Å²) in [7, 11) is 1.50. The van der Waals surface area contributed by atoms with Gasteiger partial charge in [0, 0.05) is 11.6 Å². The minimum Gasteiger partial charge on any atom is -0.375 e. The topological polar surface area (TPSA) is 38.3 Å². The molecule has 0 aliphatic rings. The molecule has 0 heterocycles. The first-order chi connectivity index (χ1) is 7.15. The van der Waals surface area contributed by atoms with Crippen LogP contribution in [0.3, 0.4) is 0 Å². The second-order valence-electron chi connectivity index (χ2n) is 3.24. The Morgan fingerprint density at radius 3 is 2.80 bits per heavy atom. The van der Waals surface area contributed by atoms with Crippen molar-refractivity contribution in [3.63, 3.8) is 0 Å². The number of rotatable bonds is 4. The van der Waals surface area contributed by atoms with Gasteiger partial charge in [0.25, 0.3) is 0 Å². The van der Waals surface area contributed by atoms with Gasteiger partial charge in [0.15, 0.2) is 0 Å². The number of methoxy groups -OCH3 is 1. The lowest BCUT2D eigenvalue weighted by atomic mass is 10.1. The van der Waals surface area contributed by atoms with Gasteiger partial charge in [-0.1, -0.05) is 34.1 Å². The molecule has 0 fully saturated rings. The van der Waals surface area contributed by atoms with Gasteiger partial charge in [-0.25, -0.2) is 0 Å². The molecule has 0 aliphatic carbocycles. The van der Waals surface area contributed by atoms with Crippen molar-refractivity contribution in [2.45, 2.75) is 13.0 Å². The number of carbonyl (C=O) groups excluding carboxylic acids is 1. The van der Waals surface area contributed by atoms with Gasteiger partial charge in [-0.2, -0.15) is 0 Å². The van der Waals surface area contributed by atoms with E-state index in [1.54, 1.807) is 0 Å². The molecule has 0 aromatic heterocycles. The van der Waals surface area contributed by atoms with Crippen molar-refractivity contribution < 1.29 is 9.53 Å². The maximum absolute atomic E-state index is 11.3. The number of carbonyl (C=O) groups is 1. The molecule has 1 atom stereocenters. The highest BCUT2D eigenvalue weighted by atomic mass is 79.9. The van der Waals surface area contributed by atoms with E-state index in [1.165, 1.54) is 7.11 Å². The van der Waals surface area contributed by atoms with E-state index in [0.717, 1.165) is 10.0 Å². The zero-order valence-electron chi connectivity index (χ0n) is 8.79. The first-order valence-corrected chi connectivity index (χ1v) is 5.47. The van der Waals surface area contributed by atoms with Crippen molar-refractivity contribution >= 4 is 21.8 Å². The lowest BCUT2D eigenvalue weighted by molar-refractivity contribution is -0.125. The lowest BCUT2D eigenvalue weighted by Gasteiger charge is -2.15. The molecule has 0 spiro atoms. The van der Waals surface area contributed by atoms with Gasteiger partial charge in [0.05, 0.1) is 6.04 Å². The Bertz CT molecular complexity index is 341. The zero-order chi connectivity index (χ0) is 11.3. The van der Waals surface area contributed by atoms with Crippen molar-refractivity contribution in [3.05, 3.63) is 34.3 Å².